The topological polar surface area (TPSA) is 62.2 Å². The minimum Gasteiger partial charge on any atom is -0.396 e. The quantitative estimate of drug-likeness (QED) is 0.842. The second-order valence-corrected chi connectivity index (χ2v) is 7.11. The predicted octanol–water partition coefficient (Wildman–Crippen LogP) is 1.84. The van der Waals surface area contributed by atoms with Crippen LogP contribution in [-0.4, -0.2) is 34.4 Å². The van der Waals surface area contributed by atoms with Crippen molar-refractivity contribution in [3.05, 3.63) is 30.1 Å². The van der Waals surface area contributed by atoms with Gasteiger partial charge in [0.15, 0.2) is 0 Å². The number of hydrogen-bond acceptors (Lipinski definition) is 4. The first kappa shape index (κ1) is 14.9. The van der Waals surface area contributed by atoms with Gasteiger partial charge in [-0.25, -0.2) is 0 Å². The van der Waals surface area contributed by atoms with Crippen LogP contribution in [0.5, 0.6) is 0 Å². The van der Waals surface area contributed by atoms with Crippen LogP contribution in [0, 0.1) is 17.8 Å². The first-order chi connectivity index (χ1) is 10.3. The highest BCUT2D eigenvalue weighted by molar-refractivity contribution is 7.99. The molecule has 5 heteroatoms. The molecule has 1 aromatic rings. The summed E-state index contributed by atoms with van der Waals surface area (Å²) in [6, 6.07) is 4.15. The van der Waals surface area contributed by atoms with E-state index in [1.165, 1.54) is 24.8 Å². The minimum atomic E-state index is 0.102. The van der Waals surface area contributed by atoms with Gasteiger partial charge in [-0.15, -0.1) is 11.8 Å². The zero-order chi connectivity index (χ0) is 14.7. The number of aromatic nitrogens is 1. The van der Waals surface area contributed by atoms with Crippen LogP contribution in [0.2, 0.25) is 0 Å². The van der Waals surface area contributed by atoms with Crippen LogP contribution in [0.3, 0.4) is 0 Å². The maximum Gasteiger partial charge on any atom is 0.230 e. The average molecular weight is 306 g/mol. The zero-order valence-electron chi connectivity index (χ0n) is 12.1. The molecule has 2 aliphatic rings. The monoisotopic (exact) mass is 306 g/mol. The zero-order valence-corrected chi connectivity index (χ0v) is 12.9. The molecule has 0 radical (unpaired) electrons. The van der Waals surface area contributed by atoms with Gasteiger partial charge in [0.25, 0.3) is 0 Å². The van der Waals surface area contributed by atoms with Crippen LogP contribution in [0.25, 0.3) is 0 Å². The van der Waals surface area contributed by atoms with Gasteiger partial charge in [-0.05, 0) is 48.8 Å². The third-order valence-electron chi connectivity index (χ3n) is 4.88. The first-order valence-corrected chi connectivity index (χ1v) is 8.80. The van der Waals surface area contributed by atoms with E-state index in [9.17, 15) is 9.90 Å². The first-order valence-electron chi connectivity index (χ1n) is 7.65. The Morgan fingerprint density at radius 2 is 2.10 bits per heavy atom. The fourth-order valence-corrected chi connectivity index (χ4v) is 4.67. The number of amides is 1. The number of thioether (sulfide) groups is 1. The van der Waals surface area contributed by atoms with Crippen molar-refractivity contribution in [3.8, 4) is 0 Å². The number of nitrogens with zero attached hydrogens (tertiary/aromatic N) is 1. The number of pyridine rings is 1. The van der Waals surface area contributed by atoms with Gasteiger partial charge >= 0.3 is 0 Å². The van der Waals surface area contributed by atoms with E-state index >= 15 is 0 Å². The van der Waals surface area contributed by atoms with E-state index in [1.54, 1.807) is 24.2 Å². The molecule has 114 valence electrons. The van der Waals surface area contributed by atoms with Gasteiger partial charge in [-0.1, -0.05) is 0 Å². The van der Waals surface area contributed by atoms with Crippen molar-refractivity contribution < 1.29 is 9.90 Å². The number of aliphatic hydroxyl groups is 1. The molecular formula is C16H22N2O2S. The fraction of sp³-hybridized carbons (Fsp3) is 0.625. The molecule has 1 heterocycles. The van der Waals surface area contributed by atoms with E-state index in [0.717, 1.165) is 5.75 Å². The van der Waals surface area contributed by atoms with E-state index in [4.69, 9.17) is 0 Å². The SMILES string of the molecule is O=C(CSCc1ccncc1)NC1C2CCC(C2)C1CO. The van der Waals surface area contributed by atoms with E-state index in [2.05, 4.69) is 10.3 Å². The number of hydrogen-bond donors (Lipinski definition) is 2. The molecule has 1 aromatic heterocycles. The third kappa shape index (κ3) is 3.40. The van der Waals surface area contributed by atoms with E-state index in [1.807, 2.05) is 12.1 Å². The lowest BCUT2D eigenvalue weighted by Gasteiger charge is -2.30. The van der Waals surface area contributed by atoms with E-state index < -0.39 is 0 Å². The lowest BCUT2D eigenvalue weighted by Crippen LogP contribution is -2.45. The fourth-order valence-electron chi connectivity index (χ4n) is 3.87. The normalized spacial score (nSPS) is 30.5. The van der Waals surface area contributed by atoms with Crippen LogP contribution in [-0.2, 0) is 10.5 Å². The predicted molar refractivity (Wildman–Crippen MR) is 83.7 cm³/mol. The lowest BCUT2D eigenvalue weighted by molar-refractivity contribution is -0.120. The molecule has 0 saturated heterocycles. The number of aliphatic hydroxyl groups excluding tert-OH is 1. The van der Waals surface area contributed by atoms with Crippen molar-refractivity contribution in [3.63, 3.8) is 0 Å². The van der Waals surface area contributed by atoms with Crippen molar-refractivity contribution in [2.24, 2.45) is 17.8 Å². The molecule has 21 heavy (non-hydrogen) atoms. The van der Waals surface area contributed by atoms with Crippen LogP contribution in [0.15, 0.2) is 24.5 Å². The Balaban J connectivity index is 1.44. The molecule has 2 aliphatic carbocycles. The summed E-state index contributed by atoms with van der Waals surface area (Å²) in [6.45, 7) is 0.205. The van der Waals surface area contributed by atoms with Gasteiger partial charge in [0.1, 0.15) is 0 Å². The van der Waals surface area contributed by atoms with Gasteiger partial charge in [0.2, 0.25) is 5.91 Å². The third-order valence-corrected chi connectivity index (χ3v) is 5.88. The molecule has 4 unspecified atom stereocenters. The standard InChI is InChI=1S/C16H22N2O2S/c19-8-14-12-1-2-13(7-12)16(14)18-15(20)10-21-9-11-3-5-17-6-4-11/h3-6,12-14,16,19H,1-2,7-10H2,(H,18,20). The Labute approximate surface area is 129 Å². The molecule has 0 aromatic carbocycles. The highest BCUT2D eigenvalue weighted by atomic mass is 32.2. The van der Waals surface area contributed by atoms with Crippen LogP contribution in [0.4, 0.5) is 0 Å². The van der Waals surface area contributed by atoms with Gasteiger partial charge in [0.05, 0.1) is 5.75 Å². The molecule has 2 saturated carbocycles. The van der Waals surface area contributed by atoms with Gasteiger partial charge in [0, 0.05) is 36.7 Å². The van der Waals surface area contributed by atoms with Gasteiger partial charge < -0.3 is 10.4 Å². The minimum absolute atomic E-state index is 0.102. The highest BCUT2D eigenvalue weighted by Crippen LogP contribution is 2.48. The summed E-state index contributed by atoms with van der Waals surface area (Å²) in [4.78, 5) is 16.1. The maximum absolute atomic E-state index is 12.1. The van der Waals surface area contributed by atoms with E-state index in [-0.39, 0.29) is 24.5 Å². The summed E-state index contributed by atoms with van der Waals surface area (Å²) in [6.07, 6.45) is 7.16. The molecule has 0 spiro atoms. The highest BCUT2D eigenvalue weighted by Gasteiger charge is 2.47. The molecule has 4 nitrogen and oxygen atoms in total. The second kappa shape index (κ2) is 6.79. The van der Waals surface area contributed by atoms with Crippen molar-refractivity contribution in [1.29, 1.82) is 0 Å². The molecule has 2 N–H and O–H groups in total. The Morgan fingerprint density at radius 3 is 2.86 bits per heavy atom. The Morgan fingerprint density at radius 1 is 1.33 bits per heavy atom. The Bertz CT molecular complexity index is 482. The smallest absolute Gasteiger partial charge is 0.230 e. The number of rotatable bonds is 6. The van der Waals surface area contributed by atoms with Gasteiger partial charge in [-0.3, -0.25) is 9.78 Å². The average Bonchev–Trinajstić information content (AvgIpc) is 3.09. The van der Waals surface area contributed by atoms with Crippen LogP contribution in [0.1, 0.15) is 24.8 Å². The van der Waals surface area contributed by atoms with Crippen LogP contribution >= 0.6 is 11.8 Å². The van der Waals surface area contributed by atoms with Crippen molar-refractivity contribution in [2.75, 3.05) is 12.4 Å². The molecule has 0 aliphatic heterocycles. The van der Waals surface area contributed by atoms with Crippen LogP contribution < -0.4 is 5.32 Å². The number of carbonyl (C=O) groups excluding carboxylic acids is 1. The van der Waals surface area contributed by atoms with Crippen molar-refractivity contribution in [2.45, 2.75) is 31.1 Å². The molecule has 3 rings (SSSR count). The lowest BCUT2D eigenvalue weighted by atomic mass is 9.85. The van der Waals surface area contributed by atoms with Gasteiger partial charge in [-0.2, -0.15) is 0 Å². The maximum atomic E-state index is 12.1. The largest absolute Gasteiger partial charge is 0.396 e. The summed E-state index contributed by atoms with van der Waals surface area (Å²) in [5.41, 5.74) is 1.19. The number of fused-ring (bicyclic) bond motifs is 2. The van der Waals surface area contributed by atoms with Crippen molar-refractivity contribution >= 4 is 17.7 Å². The summed E-state index contributed by atoms with van der Waals surface area (Å²) in [5, 5.41) is 12.7. The molecule has 1 amide bonds. The molecule has 2 fully saturated rings. The molecule has 4 atom stereocenters. The number of nitrogens with one attached hydrogen (secondary N) is 1. The Kier molecular flexibility index (Phi) is 4.80. The second-order valence-electron chi connectivity index (χ2n) is 6.12. The van der Waals surface area contributed by atoms with Crippen molar-refractivity contribution in [1.82, 2.24) is 10.3 Å². The summed E-state index contributed by atoms with van der Waals surface area (Å²) in [5.74, 6) is 2.89. The van der Waals surface area contributed by atoms with E-state index in [0.29, 0.717) is 17.6 Å². The Hall–Kier alpha value is -1.07. The number of carbonyl (C=O) groups is 1. The molecule has 2 bridgehead atoms. The summed E-state index contributed by atoms with van der Waals surface area (Å²) < 4.78 is 0. The summed E-state index contributed by atoms with van der Waals surface area (Å²) >= 11 is 1.62. The molecular weight excluding hydrogens is 284 g/mol. The summed E-state index contributed by atoms with van der Waals surface area (Å²) in [7, 11) is 0.